The predicted molar refractivity (Wildman–Crippen MR) is 185 cm³/mol. The lowest BCUT2D eigenvalue weighted by atomic mass is 10.1. The second-order valence-electron chi connectivity index (χ2n) is 12.8. The third kappa shape index (κ3) is 7.27. The van der Waals surface area contributed by atoms with Crippen molar-refractivity contribution in [2.24, 2.45) is 5.92 Å². The highest BCUT2D eigenvalue weighted by atomic mass is 31.2. The smallest absolute Gasteiger partial charge is 0.346 e. The Morgan fingerprint density at radius 2 is 1.77 bits per heavy atom. The minimum Gasteiger partial charge on any atom is -0.346 e. The van der Waals surface area contributed by atoms with Gasteiger partial charge in [-0.15, -0.1) is 0 Å². The number of aromatic nitrogens is 8. The van der Waals surface area contributed by atoms with Gasteiger partial charge in [-0.3, -0.25) is 36.8 Å². The second-order valence-corrected chi connectivity index (χ2v) is 15.8. The second kappa shape index (κ2) is 15.2. The number of carbonyl (C=O) groups is 1. The number of fused-ring (bicyclic) bond motifs is 5. The van der Waals surface area contributed by atoms with Gasteiger partial charge >= 0.3 is 15.6 Å². The highest BCUT2D eigenvalue weighted by Crippen LogP contribution is 2.57. The number of anilines is 1. The molecule has 3 fully saturated rings. The molecule has 1 saturated carbocycles. The van der Waals surface area contributed by atoms with E-state index in [0.29, 0.717) is 5.56 Å². The summed E-state index contributed by atoms with van der Waals surface area (Å²) in [4.78, 5) is 62.3. The number of nitrogens with one attached hydrogen (secondary N) is 2. The van der Waals surface area contributed by atoms with Gasteiger partial charge < -0.3 is 29.3 Å². The Hall–Kier alpha value is -4.88. The zero-order valence-corrected chi connectivity index (χ0v) is 30.4. The van der Waals surface area contributed by atoms with Crippen molar-refractivity contribution < 1.29 is 55.0 Å². The zero-order chi connectivity index (χ0) is 39.2. The lowest BCUT2D eigenvalue weighted by Crippen LogP contribution is -2.34. The number of H-pyrrole nitrogens is 1. The van der Waals surface area contributed by atoms with Gasteiger partial charge in [0.1, 0.15) is 37.4 Å². The molecule has 294 valence electrons. The number of hydrogen-bond donors (Lipinski definition) is 3. The van der Waals surface area contributed by atoms with E-state index in [4.69, 9.17) is 33.9 Å². The molecule has 21 nitrogen and oxygen atoms in total. The Balaban J connectivity index is 1.10. The monoisotopic (exact) mass is 818 g/mol. The minimum absolute atomic E-state index is 0.00486. The van der Waals surface area contributed by atoms with E-state index < -0.39 is 95.8 Å². The van der Waals surface area contributed by atoms with E-state index in [-0.39, 0.29) is 41.1 Å². The molecule has 0 radical (unpaired) electrons. The maximum Gasteiger partial charge on any atom is 0.475 e. The molecule has 4 aromatic heterocycles. The summed E-state index contributed by atoms with van der Waals surface area (Å²) in [5, 5.41) is 2.64. The van der Waals surface area contributed by atoms with Crippen LogP contribution in [0.3, 0.4) is 0 Å². The molecule has 2 aliphatic heterocycles. The maximum absolute atomic E-state index is 16.6. The Bertz CT molecular complexity index is 2470. The van der Waals surface area contributed by atoms with Gasteiger partial charge in [0.25, 0.3) is 11.5 Å². The molecule has 5 aromatic rings. The summed E-state index contributed by atoms with van der Waals surface area (Å²) >= 11 is 0. The number of hydrogen-bond acceptors (Lipinski definition) is 15. The van der Waals surface area contributed by atoms with Crippen molar-refractivity contribution in [3.05, 3.63) is 83.0 Å². The van der Waals surface area contributed by atoms with E-state index >= 15 is 8.78 Å². The molecule has 6 heterocycles. The molecule has 1 amide bonds. The number of ether oxygens (including phenoxy) is 1. The molecule has 1 aromatic carbocycles. The van der Waals surface area contributed by atoms with Crippen molar-refractivity contribution in [2.45, 2.75) is 49.3 Å². The van der Waals surface area contributed by atoms with Crippen molar-refractivity contribution in [2.75, 3.05) is 31.7 Å². The van der Waals surface area contributed by atoms with Crippen LogP contribution in [0.15, 0.2) is 60.4 Å². The number of halogens is 2. The molecule has 1 aliphatic carbocycles. The standard InChI is InChI=1S/C31H30F2N10O11P2/c1-34-7-8-49-56(48)51-10-17-9-18(42-14-40-23-28(42)37-13-38-30(23)45)24(20(17)32)53-55(46,47)50-11-19-25(54-56)21(33)31(52-19)43-15-39-22-26(35-12-36-27(22)43)41-29(44)16-5-3-2-4-6-16/h2-6,12-15,17-21,24-25,31H,7-11H2,(H,46,47)(H,37,38,45)(H,35,36,41,44)/t17-,18-,19-,20-,21-,24+,25-,31-,56?/m1/s1. The lowest BCUT2D eigenvalue weighted by Gasteiger charge is -2.26. The first-order chi connectivity index (χ1) is 26.9. The van der Waals surface area contributed by atoms with Gasteiger partial charge in [0, 0.05) is 11.5 Å². The molecule has 8 rings (SSSR count). The Kier molecular flexibility index (Phi) is 10.3. The van der Waals surface area contributed by atoms with Crippen LogP contribution in [0, 0.1) is 12.5 Å². The molecular weight excluding hydrogens is 788 g/mol. The maximum atomic E-state index is 16.6. The Morgan fingerprint density at radius 1 is 1.00 bits per heavy atom. The fourth-order valence-corrected chi connectivity index (χ4v) is 9.17. The summed E-state index contributed by atoms with van der Waals surface area (Å²) in [6, 6.07) is 7.15. The van der Waals surface area contributed by atoms with E-state index in [1.807, 2.05) is 0 Å². The third-order valence-electron chi connectivity index (χ3n) is 9.38. The molecule has 56 heavy (non-hydrogen) atoms. The van der Waals surface area contributed by atoms with E-state index in [9.17, 15) is 23.6 Å². The number of imidazole rings is 2. The van der Waals surface area contributed by atoms with Crippen LogP contribution in [-0.4, -0.2) is 107 Å². The molecule has 3 N–H and O–H groups in total. The number of phosphoric ester groups is 2. The van der Waals surface area contributed by atoms with Crippen LogP contribution in [0.4, 0.5) is 14.6 Å². The molecule has 2 unspecified atom stereocenters. The van der Waals surface area contributed by atoms with Crippen molar-refractivity contribution >= 4 is 49.7 Å². The highest BCUT2D eigenvalue weighted by Gasteiger charge is 2.55. The van der Waals surface area contributed by atoms with Crippen LogP contribution < -0.4 is 10.9 Å². The summed E-state index contributed by atoms with van der Waals surface area (Å²) in [5.41, 5.74) is -0.277. The molecule has 2 bridgehead atoms. The molecular formula is C31H30F2N10O11P2. The average Bonchev–Trinajstić information content (AvgIpc) is 3.95. The van der Waals surface area contributed by atoms with Gasteiger partial charge in [-0.1, -0.05) is 18.2 Å². The summed E-state index contributed by atoms with van der Waals surface area (Å²) in [5.74, 6) is -1.72. The van der Waals surface area contributed by atoms with Gasteiger partial charge in [-0.2, -0.15) is 0 Å². The van der Waals surface area contributed by atoms with Crippen LogP contribution in [0.2, 0.25) is 0 Å². The van der Waals surface area contributed by atoms with Crippen LogP contribution in [-0.2, 0) is 36.5 Å². The first-order valence-corrected chi connectivity index (χ1v) is 19.8. The minimum atomic E-state index is -5.21. The van der Waals surface area contributed by atoms with Crippen molar-refractivity contribution in [3.63, 3.8) is 0 Å². The van der Waals surface area contributed by atoms with Gasteiger partial charge in [0.15, 0.2) is 40.5 Å². The number of amides is 1. The van der Waals surface area contributed by atoms with E-state index in [2.05, 4.69) is 40.1 Å². The largest absolute Gasteiger partial charge is 0.475 e. The number of rotatable bonds is 7. The summed E-state index contributed by atoms with van der Waals surface area (Å²) in [6.07, 6.45) is -6.83. The third-order valence-corrected chi connectivity index (χ3v) is 11.8. The van der Waals surface area contributed by atoms with Crippen LogP contribution in [0.5, 0.6) is 0 Å². The van der Waals surface area contributed by atoms with Crippen molar-refractivity contribution in [3.8, 4) is 0 Å². The first-order valence-electron chi connectivity index (χ1n) is 16.9. The highest BCUT2D eigenvalue weighted by molar-refractivity contribution is 7.48. The number of phosphoric acid groups is 2. The summed E-state index contributed by atoms with van der Waals surface area (Å²) in [6.45, 7) is 4.70. The van der Waals surface area contributed by atoms with Gasteiger partial charge in [-0.25, -0.2) is 49.4 Å². The van der Waals surface area contributed by atoms with Gasteiger partial charge in [0.05, 0.1) is 38.2 Å². The number of carbonyl (C=O) groups excluding carboxylic acids is 1. The summed E-state index contributed by atoms with van der Waals surface area (Å²) < 4.78 is 96.2. The van der Waals surface area contributed by atoms with Crippen molar-refractivity contribution in [1.82, 2.24) is 39.0 Å². The number of aromatic amines is 1. The van der Waals surface area contributed by atoms with Crippen LogP contribution >= 0.6 is 15.6 Å². The topological polar surface area (TPSA) is 250 Å². The normalized spacial score (nSPS) is 32.2. The lowest BCUT2D eigenvalue weighted by molar-refractivity contribution is -0.0499. The fourth-order valence-electron chi connectivity index (χ4n) is 6.78. The van der Waals surface area contributed by atoms with Gasteiger partial charge in [0.2, 0.25) is 6.54 Å². The Labute approximate surface area is 313 Å². The van der Waals surface area contributed by atoms with Crippen LogP contribution in [0.25, 0.3) is 27.2 Å². The van der Waals surface area contributed by atoms with Crippen LogP contribution in [0.1, 0.15) is 29.0 Å². The molecule has 3 aliphatic rings. The molecule has 10 atom stereocenters. The molecule has 0 spiro atoms. The van der Waals surface area contributed by atoms with E-state index in [1.54, 1.807) is 30.3 Å². The average molecular weight is 819 g/mol. The molecule has 25 heteroatoms. The number of benzene rings is 1. The first kappa shape index (κ1) is 38.0. The fraction of sp³-hybridized carbons (Fsp3) is 0.419. The molecule has 2 saturated heterocycles. The quantitative estimate of drug-likeness (QED) is 0.121. The van der Waals surface area contributed by atoms with Crippen molar-refractivity contribution in [1.29, 1.82) is 0 Å². The SMILES string of the molecule is [C-]#[N+]CCOP1(=O)OC[C@H]2C[C@@H](n3cnc4c(=O)[nH]cnc43)[C@H](OP(=O)(O)OC[C@H]3O[C@@H](n4cnc5c(NC(=O)c6ccccc6)ncnc54)[C@H](F)[C@@H]3O1)[C@@H]2F. The zero-order valence-electron chi connectivity index (χ0n) is 28.6. The number of nitrogens with zero attached hydrogens (tertiary/aromatic N) is 8. The van der Waals surface area contributed by atoms with E-state index in [0.717, 1.165) is 23.5 Å². The Morgan fingerprint density at radius 3 is 2.57 bits per heavy atom. The number of alkyl halides is 2. The summed E-state index contributed by atoms with van der Waals surface area (Å²) in [7, 11) is -10.1. The van der Waals surface area contributed by atoms with Gasteiger partial charge in [-0.05, 0) is 18.6 Å². The van der Waals surface area contributed by atoms with E-state index in [1.165, 1.54) is 10.9 Å². The predicted octanol–water partition coefficient (Wildman–Crippen LogP) is 3.31.